The molecule has 1 fully saturated rings. The number of hydrogen-bond donors (Lipinski definition) is 0. The first-order chi connectivity index (χ1) is 9.73. The van der Waals surface area contributed by atoms with E-state index in [1.165, 1.54) is 5.56 Å². The molecular weight excluding hydrogens is 264 g/mol. The van der Waals surface area contributed by atoms with Crippen molar-refractivity contribution in [2.24, 2.45) is 5.92 Å². The van der Waals surface area contributed by atoms with E-state index in [1.807, 2.05) is 27.0 Å². The van der Waals surface area contributed by atoms with Crippen LogP contribution in [-0.4, -0.2) is 21.4 Å². The van der Waals surface area contributed by atoms with Gasteiger partial charge in [-0.1, -0.05) is 6.92 Å². The molecule has 0 aromatic carbocycles. The molecule has 1 aliphatic carbocycles. The van der Waals surface area contributed by atoms with Crippen molar-refractivity contribution in [1.82, 2.24) is 9.78 Å². The molecule has 0 atom stereocenters. The van der Waals surface area contributed by atoms with Gasteiger partial charge < -0.3 is 4.74 Å². The predicted octanol–water partition coefficient (Wildman–Crippen LogP) is 3.69. The largest absolute Gasteiger partial charge is 0.460 e. The molecule has 1 aliphatic rings. The third kappa shape index (κ3) is 3.86. The summed E-state index contributed by atoms with van der Waals surface area (Å²) in [4.78, 5) is 12.2. The fraction of sp³-hybridized carbons (Fsp3) is 0.765. The molecule has 0 spiro atoms. The van der Waals surface area contributed by atoms with Gasteiger partial charge in [0.2, 0.25) is 0 Å². The minimum atomic E-state index is -0.393. The number of esters is 1. The first kappa shape index (κ1) is 16.1. The van der Waals surface area contributed by atoms with Gasteiger partial charge in [-0.25, -0.2) is 0 Å². The number of aromatic nitrogens is 2. The SMILES string of the molecule is CCc1cnn(C2(C)CCC(C(=O)OC(C)(C)C)CC2)c1. The zero-order valence-electron chi connectivity index (χ0n) is 14.0. The number of nitrogens with zero attached hydrogens (tertiary/aromatic N) is 2. The summed E-state index contributed by atoms with van der Waals surface area (Å²) >= 11 is 0. The molecule has 4 heteroatoms. The first-order valence-electron chi connectivity index (χ1n) is 8.00. The maximum atomic E-state index is 12.2. The second kappa shape index (κ2) is 5.82. The summed E-state index contributed by atoms with van der Waals surface area (Å²) in [7, 11) is 0. The zero-order chi connectivity index (χ0) is 15.7. The number of rotatable bonds is 3. The molecule has 1 aromatic rings. The van der Waals surface area contributed by atoms with Gasteiger partial charge in [0.15, 0.2) is 0 Å². The van der Waals surface area contributed by atoms with Crippen LogP contribution < -0.4 is 0 Å². The molecule has 21 heavy (non-hydrogen) atoms. The number of ether oxygens (including phenoxy) is 1. The molecule has 0 saturated heterocycles. The zero-order valence-corrected chi connectivity index (χ0v) is 14.0. The monoisotopic (exact) mass is 292 g/mol. The van der Waals surface area contributed by atoms with E-state index in [9.17, 15) is 4.79 Å². The number of aryl methyl sites for hydroxylation is 1. The Balaban J connectivity index is 1.97. The van der Waals surface area contributed by atoms with Gasteiger partial charge in [-0.05, 0) is 65.4 Å². The van der Waals surface area contributed by atoms with Crippen LogP contribution in [0.1, 0.15) is 65.9 Å². The third-order valence-electron chi connectivity index (χ3n) is 4.40. The lowest BCUT2D eigenvalue weighted by molar-refractivity contribution is -0.161. The van der Waals surface area contributed by atoms with Crippen molar-refractivity contribution in [2.75, 3.05) is 0 Å². The van der Waals surface area contributed by atoms with E-state index in [4.69, 9.17) is 4.74 Å². The van der Waals surface area contributed by atoms with Gasteiger partial charge in [0, 0.05) is 6.20 Å². The molecule has 0 aliphatic heterocycles. The maximum absolute atomic E-state index is 12.2. The molecule has 0 radical (unpaired) electrons. The molecule has 1 heterocycles. The highest BCUT2D eigenvalue weighted by Gasteiger charge is 2.37. The van der Waals surface area contributed by atoms with Gasteiger partial charge in [0.1, 0.15) is 5.60 Å². The Morgan fingerprint density at radius 1 is 1.43 bits per heavy atom. The summed E-state index contributed by atoms with van der Waals surface area (Å²) < 4.78 is 7.61. The lowest BCUT2D eigenvalue weighted by atomic mass is 9.77. The van der Waals surface area contributed by atoms with Gasteiger partial charge in [-0.2, -0.15) is 5.10 Å². The van der Waals surface area contributed by atoms with Gasteiger partial charge in [0.05, 0.1) is 17.7 Å². The van der Waals surface area contributed by atoms with E-state index < -0.39 is 5.60 Å². The topological polar surface area (TPSA) is 44.1 Å². The van der Waals surface area contributed by atoms with E-state index in [2.05, 4.69) is 29.8 Å². The fourth-order valence-corrected chi connectivity index (χ4v) is 2.93. The van der Waals surface area contributed by atoms with Crippen molar-refractivity contribution < 1.29 is 9.53 Å². The summed E-state index contributed by atoms with van der Waals surface area (Å²) in [6.07, 6.45) is 8.82. The van der Waals surface area contributed by atoms with Gasteiger partial charge in [0.25, 0.3) is 0 Å². The average molecular weight is 292 g/mol. The van der Waals surface area contributed by atoms with E-state index in [1.54, 1.807) is 0 Å². The van der Waals surface area contributed by atoms with Crippen molar-refractivity contribution in [2.45, 2.75) is 77.9 Å². The van der Waals surface area contributed by atoms with E-state index in [0.717, 1.165) is 32.1 Å². The summed E-state index contributed by atoms with van der Waals surface area (Å²) in [5.74, 6) is -0.00206. The van der Waals surface area contributed by atoms with Crippen LogP contribution in [0.3, 0.4) is 0 Å². The molecular formula is C17H28N2O2. The lowest BCUT2D eigenvalue weighted by Crippen LogP contribution is -2.38. The van der Waals surface area contributed by atoms with Crippen LogP contribution in [-0.2, 0) is 21.5 Å². The fourth-order valence-electron chi connectivity index (χ4n) is 2.93. The molecule has 0 amide bonds. The van der Waals surface area contributed by atoms with Crippen LogP contribution in [0.5, 0.6) is 0 Å². The van der Waals surface area contributed by atoms with Crippen molar-refractivity contribution in [3.63, 3.8) is 0 Å². The van der Waals surface area contributed by atoms with Crippen molar-refractivity contribution in [3.8, 4) is 0 Å². The molecule has 0 bridgehead atoms. The predicted molar refractivity (Wildman–Crippen MR) is 83.1 cm³/mol. The minimum absolute atomic E-state index is 0.0337. The van der Waals surface area contributed by atoms with Crippen LogP contribution >= 0.6 is 0 Å². The highest BCUT2D eigenvalue weighted by Crippen LogP contribution is 2.38. The Morgan fingerprint density at radius 3 is 2.52 bits per heavy atom. The van der Waals surface area contributed by atoms with Crippen LogP contribution in [0.25, 0.3) is 0 Å². The second-order valence-corrected chi connectivity index (χ2v) is 7.45. The maximum Gasteiger partial charge on any atom is 0.309 e. The Kier molecular flexibility index (Phi) is 4.45. The molecule has 1 aromatic heterocycles. The average Bonchev–Trinajstić information content (AvgIpc) is 2.87. The van der Waals surface area contributed by atoms with E-state index >= 15 is 0 Å². The van der Waals surface area contributed by atoms with E-state index in [0.29, 0.717) is 0 Å². The van der Waals surface area contributed by atoms with Gasteiger partial charge >= 0.3 is 5.97 Å². The van der Waals surface area contributed by atoms with Crippen molar-refractivity contribution in [3.05, 3.63) is 18.0 Å². The van der Waals surface area contributed by atoms with Crippen LogP contribution in [0.15, 0.2) is 12.4 Å². The second-order valence-electron chi connectivity index (χ2n) is 7.45. The minimum Gasteiger partial charge on any atom is -0.460 e. The Labute approximate surface area is 127 Å². The molecule has 118 valence electrons. The highest BCUT2D eigenvalue weighted by molar-refractivity contribution is 5.73. The van der Waals surface area contributed by atoms with Crippen LogP contribution in [0.2, 0.25) is 0 Å². The summed E-state index contributed by atoms with van der Waals surface area (Å²) in [5.41, 5.74) is 0.910. The van der Waals surface area contributed by atoms with Gasteiger partial charge in [-0.15, -0.1) is 0 Å². The molecule has 4 nitrogen and oxygen atoms in total. The highest BCUT2D eigenvalue weighted by atomic mass is 16.6. The first-order valence-corrected chi connectivity index (χ1v) is 8.00. The Morgan fingerprint density at radius 2 is 2.05 bits per heavy atom. The quantitative estimate of drug-likeness (QED) is 0.798. The standard InChI is InChI=1S/C17H28N2O2/c1-6-13-11-18-19(12-13)17(5)9-7-14(8-10-17)15(20)21-16(2,3)4/h11-12,14H,6-10H2,1-5H3. The lowest BCUT2D eigenvalue weighted by Gasteiger charge is -2.37. The van der Waals surface area contributed by atoms with Crippen LogP contribution in [0, 0.1) is 5.92 Å². The molecule has 0 unspecified atom stereocenters. The number of carbonyl (C=O) groups is 1. The Bertz CT molecular complexity index is 491. The molecule has 0 N–H and O–H groups in total. The summed E-state index contributed by atoms with van der Waals surface area (Å²) in [6.45, 7) is 10.2. The molecule has 1 saturated carbocycles. The van der Waals surface area contributed by atoms with Gasteiger partial charge in [-0.3, -0.25) is 9.48 Å². The van der Waals surface area contributed by atoms with Crippen molar-refractivity contribution >= 4 is 5.97 Å². The molecule has 2 rings (SSSR count). The van der Waals surface area contributed by atoms with Crippen molar-refractivity contribution in [1.29, 1.82) is 0 Å². The normalized spacial score (nSPS) is 26.6. The summed E-state index contributed by atoms with van der Waals surface area (Å²) in [6, 6.07) is 0. The number of hydrogen-bond acceptors (Lipinski definition) is 3. The number of carbonyl (C=O) groups excluding carboxylic acids is 1. The smallest absolute Gasteiger partial charge is 0.309 e. The van der Waals surface area contributed by atoms with E-state index in [-0.39, 0.29) is 17.4 Å². The summed E-state index contributed by atoms with van der Waals surface area (Å²) in [5, 5.41) is 4.51. The van der Waals surface area contributed by atoms with Crippen LogP contribution in [0.4, 0.5) is 0 Å². The Hall–Kier alpha value is -1.32. The third-order valence-corrected chi connectivity index (χ3v) is 4.40.